The molecule has 0 aliphatic carbocycles. The molecule has 0 aliphatic rings. The average molecular weight is 423 g/mol. The molecule has 0 unspecified atom stereocenters. The third-order valence-corrected chi connectivity index (χ3v) is 5.91. The van der Waals surface area contributed by atoms with E-state index in [1.807, 2.05) is 63.7 Å². The Kier molecular flexibility index (Phi) is 4.37. The molecule has 0 bridgehead atoms. The molecule has 144 valence electrons. The van der Waals surface area contributed by atoms with Crippen LogP contribution in [-0.2, 0) is 12.8 Å². The van der Waals surface area contributed by atoms with Crippen molar-refractivity contribution in [2.75, 3.05) is 0 Å². The minimum atomic E-state index is -0.0868. The van der Waals surface area contributed by atoms with Crippen LogP contribution in [0.4, 0.5) is 0 Å². The molecule has 2 aromatic carbocycles. The molecule has 3 aromatic heterocycles. The highest BCUT2D eigenvalue weighted by Crippen LogP contribution is 2.26. The number of fused-ring (bicyclic) bond motifs is 3. The molecular formula is C20H15ClN6OS. The van der Waals surface area contributed by atoms with Crippen molar-refractivity contribution >= 4 is 40.0 Å². The van der Waals surface area contributed by atoms with E-state index in [1.165, 1.54) is 4.57 Å². The van der Waals surface area contributed by atoms with Gasteiger partial charge in [0, 0.05) is 30.2 Å². The van der Waals surface area contributed by atoms with Crippen LogP contribution in [0.15, 0.2) is 70.9 Å². The number of hydrogen-bond acceptors (Lipinski definition) is 5. The Labute approximate surface area is 174 Å². The summed E-state index contributed by atoms with van der Waals surface area (Å²) in [5.74, 6) is 1.81. The predicted octanol–water partition coefficient (Wildman–Crippen LogP) is 3.71. The van der Waals surface area contributed by atoms with Crippen molar-refractivity contribution in [1.82, 2.24) is 28.7 Å². The Morgan fingerprint density at radius 3 is 2.83 bits per heavy atom. The summed E-state index contributed by atoms with van der Waals surface area (Å²) in [6.07, 6.45) is 3.65. The molecule has 0 N–H and O–H groups in total. The second-order valence-corrected chi connectivity index (χ2v) is 7.86. The Hall–Kier alpha value is -3.10. The van der Waals surface area contributed by atoms with E-state index in [-0.39, 0.29) is 5.56 Å². The van der Waals surface area contributed by atoms with Gasteiger partial charge in [0.1, 0.15) is 5.82 Å². The molecule has 29 heavy (non-hydrogen) atoms. The van der Waals surface area contributed by atoms with Crippen molar-refractivity contribution in [2.24, 2.45) is 7.05 Å². The lowest BCUT2D eigenvalue weighted by Gasteiger charge is -2.09. The van der Waals surface area contributed by atoms with Crippen LogP contribution >= 0.6 is 23.4 Å². The molecule has 0 fully saturated rings. The van der Waals surface area contributed by atoms with Crippen LogP contribution in [0.3, 0.4) is 0 Å². The SMILES string of the molecule is Cn1c(=O)c2ccccc2n2c(CSc3nccn3-c3cccc(Cl)c3)nnc12. The lowest BCUT2D eigenvalue weighted by atomic mass is 10.2. The van der Waals surface area contributed by atoms with Crippen molar-refractivity contribution in [1.29, 1.82) is 0 Å². The number of rotatable bonds is 4. The van der Waals surface area contributed by atoms with Crippen molar-refractivity contribution in [2.45, 2.75) is 10.9 Å². The second-order valence-electron chi connectivity index (χ2n) is 6.48. The van der Waals surface area contributed by atoms with Crippen LogP contribution in [0.1, 0.15) is 5.82 Å². The number of aryl methyl sites for hydroxylation is 1. The monoisotopic (exact) mass is 422 g/mol. The first-order chi connectivity index (χ1) is 14.1. The number of nitrogens with zero attached hydrogens (tertiary/aromatic N) is 6. The fraction of sp³-hybridized carbons (Fsp3) is 0.100. The second kappa shape index (κ2) is 7.06. The fourth-order valence-corrected chi connectivity index (χ4v) is 4.40. The zero-order chi connectivity index (χ0) is 20.0. The number of aromatic nitrogens is 6. The number of benzene rings is 2. The van der Waals surface area contributed by atoms with Gasteiger partial charge < -0.3 is 0 Å². The van der Waals surface area contributed by atoms with Gasteiger partial charge in [-0.15, -0.1) is 10.2 Å². The lowest BCUT2D eigenvalue weighted by Crippen LogP contribution is -2.20. The van der Waals surface area contributed by atoms with E-state index in [0.29, 0.717) is 21.9 Å². The van der Waals surface area contributed by atoms with Crippen molar-refractivity contribution < 1.29 is 0 Å². The molecule has 0 atom stereocenters. The van der Waals surface area contributed by atoms with Crippen LogP contribution in [0.25, 0.3) is 22.4 Å². The minimum Gasteiger partial charge on any atom is -0.295 e. The van der Waals surface area contributed by atoms with E-state index in [2.05, 4.69) is 15.2 Å². The summed E-state index contributed by atoms with van der Waals surface area (Å²) in [4.78, 5) is 17.0. The van der Waals surface area contributed by atoms with E-state index < -0.39 is 0 Å². The molecule has 0 spiro atoms. The smallest absolute Gasteiger partial charge is 0.262 e. The van der Waals surface area contributed by atoms with E-state index in [0.717, 1.165) is 22.2 Å². The van der Waals surface area contributed by atoms with E-state index >= 15 is 0 Å². The standard InChI is InChI=1S/C20H15ClN6OS/c1-25-18(28)15-7-2-3-8-16(15)27-17(23-24-19(25)27)12-29-20-22-9-10-26(20)14-6-4-5-13(21)11-14/h2-11H,12H2,1H3. The number of imidazole rings is 1. The summed E-state index contributed by atoms with van der Waals surface area (Å²) < 4.78 is 5.43. The maximum atomic E-state index is 12.6. The van der Waals surface area contributed by atoms with Gasteiger partial charge in [0.15, 0.2) is 5.16 Å². The summed E-state index contributed by atoms with van der Waals surface area (Å²) in [6.45, 7) is 0. The molecule has 7 nitrogen and oxygen atoms in total. The number of thioether (sulfide) groups is 1. The first kappa shape index (κ1) is 18.0. The van der Waals surface area contributed by atoms with Gasteiger partial charge in [-0.25, -0.2) is 4.98 Å². The summed E-state index contributed by atoms with van der Waals surface area (Å²) in [6, 6.07) is 15.1. The summed E-state index contributed by atoms with van der Waals surface area (Å²) >= 11 is 7.67. The molecule has 3 heterocycles. The molecular weight excluding hydrogens is 408 g/mol. The van der Waals surface area contributed by atoms with Gasteiger partial charge in [-0.3, -0.25) is 18.3 Å². The van der Waals surface area contributed by atoms with Crippen molar-refractivity contribution in [3.8, 4) is 5.69 Å². The number of halogens is 1. The molecule has 5 aromatic rings. The van der Waals surface area contributed by atoms with Gasteiger partial charge in [0.25, 0.3) is 5.56 Å². The molecule has 0 radical (unpaired) electrons. The maximum Gasteiger partial charge on any atom is 0.262 e. The maximum absolute atomic E-state index is 12.6. The molecule has 5 rings (SSSR count). The first-order valence-corrected chi connectivity index (χ1v) is 10.2. The van der Waals surface area contributed by atoms with Crippen LogP contribution in [-0.4, -0.2) is 28.7 Å². The van der Waals surface area contributed by atoms with Crippen LogP contribution in [0.2, 0.25) is 5.02 Å². The van der Waals surface area contributed by atoms with Gasteiger partial charge in [0.2, 0.25) is 5.78 Å². The molecule has 0 aliphatic heterocycles. The van der Waals surface area contributed by atoms with E-state index in [1.54, 1.807) is 25.0 Å². The van der Waals surface area contributed by atoms with E-state index in [9.17, 15) is 4.79 Å². The van der Waals surface area contributed by atoms with E-state index in [4.69, 9.17) is 11.6 Å². The van der Waals surface area contributed by atoms with Gasteiger partial charge >= 0.3 is 0 Å². The Balaban J connectivity index is 1.55. The quantitative estimate of drug-likeness (QED) is 0.413. The number of para-hydroxylation sites is 1. The Morgan fingerprint density at radius 2 is 1.97 bits per heavy atom. The van der Waals surface area contributed by atoms with Crippen LogP contribution in [0.5, 0.6) is 0 Å². The Bertz CT molecular complexity index is 1420. The first-order valence-electron chi connectivity index (χ1n) is 8.87. The summed E-state index contributed by atoms with van der Waals surface area (Å²) in [7, 11) is 1.71. The van der Waals surface area contributed by atoms with Crippen molar-refractivity contribution in [3.63, 3.8) is 0 Å². The third-order valence-electron chi connectivity index (χ3n) is 4.72. The minimum absolute atomic E-state index is 0.0868. The fourth-order valence-electron chi connectivity index (χ4n) is 3.33. The zero-order valence-corrected chi connectivity index (χ0v) is 16.9. The van der Waals surface area contributed by atoms with Crippen LogP contribution in [0, 0.1) is 0 Å². The Morgan fingerprint density at radius 1 is 1.10 bits per heavy atom. The summed E-state index contributed by atoms with van der Waals surface area (Å²) in [5, 5.41) is 10.7. The highest BCUT2D eigenvalue weighted by Gasteiger charge is 2.15. The van der Waals surface area contributed by atoms with Gasteiger partial charge in [-0.2, -0.15) is 0 Å². The van der Waals surface area contributed by atoms with Gasteiger partial charge in [0.05, 0.1) is 16.7 Å². The lowest BCUT2D eigenvalue weighted by molar-refractivity contribution is 0.857. The zero-order valence-electron chi connectivity index (χ0n) is 15.4. The largest absolute Gasteiger partial charge is 0.295 e. The third kappa shape index (κ3) is 3.01. The normalized spacial score (nSPS) is 11.5. The van der Waals surface area contributed by atoms with Crippen LogP contribution < -0.4 is 5.56 Å². The van der Waals surface area contributed by atoms with Gasteiger partial charge in [-0.05, 0) is 30.3 Å². The molecule has 0 saturated heterocycles. The van der Waals surface area contributed by atoms with Crippen molar-refractivity contribution in [3.05, 3.63) is 82.1 Å². The molecule has 0 saturated carbocycles. The van der Waals surface area contributed by atoms with Gasteiger partial charge in [-0.1, -0.05) is 41.6 Å². The predicted molar refractivity (Wildman–Crippen MR) is 114 cm³/mol. The highest BCUT2D eigenvalue weighted by molar-refractivity contribution is 7.98. The number of hydrogen-bond donors (Lipinski definition) is 0. The molecule has 9 heteroatoms. The summed E-state index contributed by atoms with van der Waals surface area (Å²) in [5.41, 5.74) is 1.65. The topological polar surface area (TPSA) is 70.0 Å². The average Bonchev–Trinajstić information content (AvgIpc) is 3.37. The molecule has 0 amide bonds. The highest BCUT2D eigenvalue weighted by atomic mass is 35.5.